The Morgan fingerprint density at radius 2 is 2.00 bits per heavy atom. The van der Waals surface area contributed by atoms with E-state index in [4.69, 9.17) is 0 Å². The first-order valence-electron chi connectivity index (χ1n) is 5.77. The monoisotopic (exact) mass is 215 g/mol. The number of aryl methyl sites for hydroxylation is 1. The van der Waals surface area contributed by atoms with Crippen molar-refractivity contribution in [3.63, 3.8) is 0 Å². The van der Waals surface area contributed by atoms with Crippen LogP contribution in [0.25, 0.3) is 12.2 Å². The van der Waals surface area contributed by atoms with E-state index in [0.29, 0.717) is 0 Å². The number of hydrogen-bond donors (Lipinski definition) is 1. The summed E-state index contributed by atoms with van der Waals surface area (Å²) < 4.78 is 0. The van der Waals surface area contributed by atoms with Crippen molar-refractivity contribution < 1.29 is 0 Å². The minimum absolute atomic E-state index is 1.00. The highest BCUT2D eigenvalue weighted by Gasteiger charge is 2.06. The van der Waals surface area contributed by atoms with E-state index in [1.54, 1.807) is 0 Å². The summed E-state index contributed by atoms with van der Waals surface area (Å²) in [5, 5.41) is 0. The second-order valence-corrected chi connectivity index (χ2v) is 4.05. The van der Waals surface area contributed by atoms with Crippen LogP contribution in [0.3, 0.4) is 0 Å². The molecule has 86 valence electrons. The van der Waals surface area contributed by atoms with Gasteiger partial charge < -0.3 is 4.98 Å². The van der Waals surface area contributed by atoms with Crippen molar-refractivity contribution >= 4 is 12.2 Å². The molecule has 0 saturated carbocycles. The fourth-order valence-corrected chi connectivity index (χ4v) is 1.69. The van der Waals surface area contributed by atoms with Crippen molar-refractivity contribution in [1.82, 2.24) is 4.98 Å². The average molecular weight is 215 g/mol. The van der Waals surface area contributed by atoms with Crippen LogP contribution in [-0.2, 0) is 0 Å². The summed E-state index contributed by atoms with van der Waals surface area (Å²) in [4.78, 5) is 3.39. The van der Waals surface area contributed by atoms with Gasteiger partial charge in [0.1, 0.15) is 0 Å². The molecule has 0 radical (unpaired) electrons. The van der Waals surface area contributed by atoms with Crippen LogP contribution in [-0.4, -0.2) is 4.98 Å². The molecule has 1 aromatic rings. The molecule has 0 atom stereocenters. The zero-order chi connectivity index (χ0) is 12.1. The first kappa shape index (κ1) is 12.6. The maximum Gasteiger partial charge on any atom is 0.0414 e. The third kappa shape index (κ3) is 2.75. The maximum absolute atomic E-state index is 3.98. The Bertz CT molecular complexity index is 431. The molecule has 0 aliphatic rings. The van der Waals surface area contributed by atoms with Crippen molar-refractivity contribution in [3.05, 3.63) is 46.8 Å². The van der Waals surface area contributed by atoms with E-state index in [9.17, 15) is 0 Å². The van der Waals surface area contributed by atoms with Gasteiger partial charge in [0, 0.05) is 11.4 Å². The molecule has 1 N–H and O–H groups in total. The van der Waals surface area contributed by atoms with Crippen molar-refractivity contribution in [1.29, 1.82) is 0 Å². The zero-order valence-corrected chi connectivity index (χ0v) is 10.7. The van der Waals surface area contributed by atoms with Crippen LogP contribution in [0.15, 0.2) is 24.3 Å². The quantitative estimate of drug-likeness (QED) is 0.704. The van der Waals surface area contributed by atoms with Crippen LogP contribution >= 0.6 is 0 Å². The number of H-pyrrole nitrogens is 1. The Hall–Kier alpha value is -1.50. The van der Waals surface area contributed by atoms with Gasteiger partial charge in [-0.05, 0) is 44.4 Å². The molecule has 1 aromatic heterocycles. The number of allylic oxidation sites excluding steroid dienone is 3. The van der Waals surface area contributed by atoms with E-state index in [-0.39, 0.29) is 0 Å². The lowest BCUT2D eigenvalue weighted by molar-refractivity contribution is 1.16. The first-order valence-corrected chi connectivity index (χ1v) is 5.77. The van der Waals surface area contributed by atoms with Crippen molar-refractivity contribution in [2.75, 3.05) is 0 Å². The van der Waals surface area contributed by atoms with E-state index >= 15 is 0 Å². The van der Waals surface area contributed by atoms with Gasteiger partial charge in [-0.2, -0.15) is 0 Å². The molecule has 0 bridgehead atoms. The second kappa shape index (κ2) is 5.55. The summed E-state index contributed by atoms with van der Waals surface area (Å²) in [6.45, 7) is 12.4. The molecule has 1 rings (SSSR count). The maximum atomic E-state index is 3.98. The minimum atomic E-state index is 1.00. The Kier molecular flexibility index (Phi) is 4.36. The summed E-state index contributed by atoms with van der Waals surface area (Å²) in [6, 6.07) is 0. The summed E-state index contributed by atoms with van der Waals surface area (Å²) in [5.41, 5.74) is 6.15. The number of nitrogens with one attached hydrogen (secondary N) is 1. The van der Waals surface area contributed by atoms with Gasteiger partial charge in [0.25, 0.3) is 0 Å². The highest BCUT2D eigenvalue weighted by atomic mass is 14.7. The predicted molar refractivity (Wildman–Crippen MR) is 73.4 cm³/mol. The van der Waals surface area contributed by atoms with E-state index in [1.165, 1.54) is 22.5 Å². The summed E-state index contributed by atoms with van der Waals surface area (Å²) in [6.07, 6.45) is 9.41. The van der Waals surface area contributed by atoms with E-state index < -0.39 is 0 Å². The van der Waals surface area contributed by atoms with Crippen LogP contribution in [0.4, 0.5) is 0 Å². The van der Waals surface area contributed by atoms with Crippen LogP contribution < -0.4 is 0 Å². The number of aromatic nitrogens is 1. The summed E-state index contributed by atoms with van der Waals surface area (Å²) in [5.74, 6) is 0. The average Bonchev–Trinajstić information content (AvgIpc) is 2.52. The smallest absolute Gasteiger partial charge is 0.0414 e. The molecule has 0 unspecified atom stereocenters. The van der Waals surface area contributed by atoms with Gasteiger partial charge in [-0.1, -0.05) is 37.3 Å². The standard InChI is InChI=1S/C15H21N/c1-6-8-15-12(4)14(13(5)16-15)10-9-11(3)7-2/h6,8-10,16H,3,7H2,1-2,4-5H3/b8-6-,10-9-. The van der Waals surface area contributed by atoms with E-state index in [2.05, 4.69) is 56.6 Å². The van der Waals surface area contributed by atoms with Crippen molar-refractivity contribution in [2.45, 2.75) is 34.1 Å². The molecule has 0 aromatic carbocycles. The Morgan fingerprint density at radius 3 is 2.56 bits per heavy atom. The third-order valence-corrected chi connectivity index (χ3v) is 2.81. The molecule has 0 fully saturated rings. The molecule has 1 nitrogen and oxygen atoms in total. The molecule has 0 aliphatic heterocycles. The van der Waals surface area contributed by atoms with Crippen LogP contribution in [0.2, 0.25) is 0 Å². The van der Waals surface area contributed by atoms with Gasteiger partial charge in [0.05, 0.1) is 0 Å². The van der Waals surface area contributed by atoms with Gasteiger partial charge in [0.2, 0.25) is 0 Å². The van der Waals surface area contributed by atoms with Gasteiger partial charge in [0.15, 0.2) is 0 Å². The highest BCUT2D eigenvalue weighted by Crippen LogP contribution is 2.21. The largest absolute Gasteiger partial charge is 0.358 e. The second-order valence-electron chi connectivity index (χ2n) is 4.05. The molecule has 1 heteroatoms. The summed E-state index contributed by atoms with van der Waals surface area (Å²) in [7, 11) is 0. The Balaban J connectivity index is 3.05. The van der Waals surface area contributed by atoms with Gasteiger partial charge >= 0.3 is 0 Å². The molecule has 0 aliphatic carbocycles. The lowest BCUT2D eigenvalue weighted by atomic mass is 10.1. The molecule has 1 heterocycles. The lowest BCUT2D eigenvalue weighted by Gasteiger charge is -1.96. The van der Waals surface area contributed by atoms with Gasteiger partial charge in [-0.15, -0.1) is 0 Å². The van der Waals surface area contributed by atoms with Gasteiger partial charge in [-0.25, -0.2) is 0 Å². The normalized spacial score (nSPS) is 11.8. The fourth-order valence-electron chi connectivity index (χ4n) is 1.69. The molecule has 0 amide bonds. The number of rotatable bonds is 4. The van der Waals surface area contributed by atoms with Crippen LogP contribution in [0.1, 0.15) is 42.8 Å². The van der Waals surface area contributed by atoms with Crippen LogP contribution in [0, 0.1) is 13.8 Å². The molecular formula is C15H21N. The molecule has 16 heavy (non-hydrogen) atoms. The SMILES string of the molecule is C=C(/C=C\c1c(C)[nH]c(/C=C\C)c1C)CC. The zero-order valence-electron chi connectivity index (χ0n) is 10.7. The Labute approximate surface area is 98.6 Å². The van der Waals surface area contributed by atoms with Crippen molar-refractivity contribution in [2.24, 2.45) is 0 Å². The lowest BCUT2D eigenvalue weighted by Crippen LogP contribution is -1.78. The van der Waals surface area contributed by atoms with Gasteiger partial charge in [-0.3, -0.25) is 0 Å². The van der Waals surface area contributed by atoms with Crippen LogP contribution in [0.5, 0.6) is 0 Å². The van der Waals surface area contributed by atoms with Crippen molar-refractivity contribution in [3.8, 4) is 0 Å². The fraction of sp³-hybridized carbons (Fsp3) is 0.333. The summed E-state index contributed by atoms with van der Waals surface area (Å²) >= 11 is 0. The predicted octanol–water partition coefficient (Wildman–Crippen LogP) is 4.64. The highest BCUT2D eigenvalue weighted by molar-refractivity contribution is 5.65. The number of hydrogen-bond acceptors (Lipinski definition) is 0. The Morgan fingerprint density at radius 1 is 1.31 bits per heavy atom. The number of aromatic amines is 1. The third-order valence-electron chi connectivity index (χ3n) is 2.81. The first-order chi connectivity index (χ1) is 7.60. The molecular weight excluding hydrogens is 194 g/mol. The van der Waals surface area contributed by atoms with E-state index in [0.717, 1.165) is 12.0 Å². The van der Waals surface area contributed by atoms with E-state index in [1.807, 2.05) is 6.92 Å². The topological polar surface area (TPSA) is 15.8 Å². The molecule has 0 saturated heterocycles. The molecule has 0 spiro atoms. The minimum Gasteiger partial charge on any atom is -0.358 e.